The van der Waals surface area contributed by atoms with Crippen molar-refractivity contribution < 1.29 is 114 Å². The van der Waals surface area contributed by atoms with E-state index in [1.54, 1.807) is 0 Å². The Morgan fingerprint density at radius 2 is 1.04 bits per heavy atom. The van der Waals surface area contributed by atoms with Crippen LogP contribution in [0.2, 0.25) is 0 Å². The number of carboxylic acid groups (broad SMARTS) is 1. The zero-order chi connectivity index (χ0) is 42.4. The number of phenolic OH excluding ortho intramolecular Hbond substituents is 12. The van der Waals surface area contributed by atoms with Gasteiger partial charge in [-0.3, -0.25) is 0 Å². The molecule has 1 heterocycles. The number of aromatic hydroxyl groups is 12. The lowest BCUT2D eigenvalue weighted by molar-refractivity contribution is -0.166. The van der Waals surface area contributed by atoms with Crippen LogP contribution in [0.3, 0.4) is 0 Å². The summed E-state index contributed by atoms with van der Waals surface area (Å²) in [6.07, 6.45) is -11.2. The molecular weight excluding hydrogens is 776 g/mol. The van der Waals surface area contributed by atoms with E-state index in [1.807, 2.05) is 0 Å². The minimum atomic E-state index is -2.98. The lowest BCUT2D eigenvalue weighted by Gasteiger charge is -2.33. The van der Waals surface area contributed by atoms with E-state index in [0.29, 0.717) is 36.4 Å². The Morgan fingerprint density at radius 3 is 1.54 bits per heavy atom. The standard InChI is InChI=1S/C34H26O23/c35-13-1-8(2-14(36)22(13)43)31(50)56-28(29(30(48)49)57-32(51)9-3-15(37)23(44)16(38)4-9)27-18(40)7-54-33(52)12-5-10(20(41)26(47)21(12)42)19-11(34(53)55-27)6-17(39)24(45)25(19)46/h1-6,18,27-29,35-47H,7H2,(H,48,49)/t18-,27+,28-,29+/m0/s1. The summed E-state index contributed by atoms with van der Waals surface area (Å²) in [7, 11) is 0. The molecule has 0 amide bonds. The summed E-state index contributed by atoms with van der Waals surface area (Å²) in [5, 5.41) is 144. The molecule has 0 aliphatic carbocycles. The second-order valence-corrected chi connectivity index (χ2v) is 11.8. The highest BCUT2D eigenvalue weighted by Crippen LogP contribution is 2.52. The fourth-order valence-corrected chi connectivity index (χ4v) is 5.34. The van der Waals surface area contributed by atoms with Crippen molar-refractivity contribution in [2.75, 3.05) is 6.61 Å². The number of phenols is 12. The lowest BCUT2D eigenvalue weighted by Crippen LogP contribution is -2.54. The van der Waals surface area contributed by atoms with Gasteiger partial charge in [-0.15, -0.1) is 0 Å². The number of carbonyl (C=O) groups excluding carboxylic acids is 4. The molecule has 4 aromatic rings. The van der Waals surface area contributed by atoms with Gasteiger partial charge in [-0.25, -0.2) is 24.0 Å². The number of esters is 4. The number of benzene rings is 4. The second-order valence-electron chi connectivity index (χ2n) is 11.8. The van der Waals surface area contributed by atoms with Gasteiger partial charge in [0.05, 0.1) is 16.7 Å². The molecule has 300 valence electrons. The molecule has 23 heteroatoms. The first kappa shape index (κ1) is 40.0. The third-order valence-corrected chi connectivity index (χ3v) is 8.17. The van der Waals surface area contributed by atoms with Crippen LogP contribution < -0.4 is 0 Å². The van der Waals surface area contributed by atoms with Crippen LogP contribution in [-0.4, -0.2) is 132 Å². The Balaban J connectivity index is 1.72. The summed E-state index contributed by atoms with van der Waals surface area (Å²) in [4.78, 5) is 66.5. The Hall–Kier alpha value is -8.21. The fraction of sp³-hybridized carbons (Fsp3) is 0.147. The van der Waals surface area contributed by atoms with Gasteiger partial charge in [-0.2, -0.15) is 0 Å². The van der Waals surface area contributed by atoms with Crippen molar-refractivity contribution in [2.24, 2.45) is 0 Å². The molecule has 23 nitrogen and oxygen atoms in total. The molecular formula is C34H26O23. The Bertz CT molecular complexity index is 2320. The van der Waals surface area contributed by atoms with E-state index in [4.69, 9.17) is 18.9 Å². The van der Waals surface area contributed by atoms with Crippen LogP contribution in [-0.2, 0) is 23.7 Å². The number of aliphatic hydroxyl groups is 1. The van der Waals surface area contributed by atoms with E-state index >= 15 is 0 Å². The van der Waals surface area contributed by atoms with Gasteiger partial charge in [0.15, 0.2) is 69.7 Å². The maximum Gasteiger partial charge on any atom is 0.349 e. The highest BCUT2D eigenvalue weighted by atomic mass is 16.6. The van der Waals surface area contributed by atoms with E-state index in [0.717, 1.165) is 0 Å². The number of hydrogen-bond donors (Lipinski definition) is 14. The predicted molar refractivity (Wildman–Crippen MR) is 176 cm³/mol. The van der Waals surface area contributed by atoms with E-state index < -0.39 is 163 Å². The van der Waals surface area contributed by atoms with Gasteiger partial charge < -0.3 is 90.4 Å². The van der Waals surface area contributed by atoms with Gasteiger partial charge in [0.2, 0.25) is 17.6 Å². The van der Waals surface area contributed by atoms with Gasteiger partial charge in [0, 0.05) is 11.1 Å². The molecule has 1 aliphatic rings. The molecule has 0 fully saturated rings. The number of carbonyl (C=O) groups is 5. The van der Waals surface area contributed by atoms with Gasteiger partial charge in [0.25, 0.3) is 0 Å². The van der Waals surface area contributed by atoms with Crippen molar-refractivity contribution in [2.45, 2.75) is 24.4 Å². The number of aliphatic carboxylic acids is 1. The van der Waals surface area contributed by atoms with Crippen molar-refractivity contribution in [3.8, 4) is 80.1 Å². The van der Waals surface area contributed by atoms with Gasteiger partial charge >= 0.3 is 29.8 Å². The number of hydrogen-bond acceptors (Lipinski definition) is 22. The number of rotatable bonds is 7. The Morgan fingerprint density at radius 1 is 0.561 bits per heavy atom. The first-order chi connectivity index (χ1) is 26.6. The highest BCUT2D eigenvalue weighted by molar-refractivity contribution is 6.04. The third-order valence-electron chi connectivity index (χ3n) is 8.17. The van der Waals surface area contributed by atoms with Crippen molar-refractivity contribution >= 4 is 29.8 Å². The highest BCUT2D eigenvalue weighted by Gasteiger charge is 2.47. The summed E-state index contributed by atoms with van der Waals surface area (Å²) in [6, 6.07) is 2.80. The number of carboxylic acids is 1. The molecule has 4 aromatic carbocycles. The molecule has 0 saturated carbocycles. The molecule has 0 spiro atoms. The molecule has 14 N–H and O–H groups in total. The molecule has 0 saturated heterocycles. The predicted octanol–water partition coefficient (Wildman–Crippen LogP) is 0.413. The first-order valence-electron chi connectivity index (χ1n) is 15.4. The number of fused-ring (bicyclic) bond motifs is 4. The molecule has 1 aliphatic heterocycles. The third kappa shape index (κ3) is 7.35. The van der Waals surface area contributed by atoms with Crippen LogP contribution in [0.4, 0.5) is 0 Å². The number of ether oxygens (including phenoxy) is 4. The Labute approximate surface area is 314 Å². The summed E-state index contributed by atoms with van der Waals surface area (Å²) >= 11 is 0. The largest absolute Gasteiger partial charge is 0.504 e. The topological polar surface area (TPSA) is 405 Å². The van der Waals surface area contributed by atoms with E-state index in [9.17, 15) is 95.5 Å². The summed E-state index contributed by atoms with van der Waals surface area (Å²) in [5.41, 5.74) is -5.93. The SMILES string of the molecule is O=C(O[C@@H]([C@@H]1OC(=O)c2cc(O)c(O)c(O)c2-c2cc(c(O)c(O)c2O)C(=O)OC[C@@H]1O)[C@@H](OC(=O)c1cc(O)c(O)c(O)c1)C(=O)O)c1cc(O)c(O)c(O)c1. The average molecular weight is 803 g/mol. The average Bonchev–Trinajstić information content (AvgIpc) is 3.15. The van der Waals surface area contributed by atoms with Crippen LogP contribution >= 0.6 is 0 Å². The molecule has 0 aromatic heterocycles. The maximum absolute atomic E-state index is 13.9. The number of cyclic esters (lactones) is 2. The maximum atomic E-state index is 13.9. The normalized spacial score (nSPS) is 16.4. The van der Waals surface area contributed by atoms with Crippen LogP contribution in [0.5, 0.6) is 69.0 Å². The minimum absolute atomic E-state index is 0.366. The van der Waals surface area contributed by atoms with Crippen molar-refractivity contribution in [3.63, 3.8) is 0 Å². The molecule has 0 radical (unpaired) electrons. The van der Waals surface area contributed by atoms with Gasteiger partial charge in [0.1, 0.15) is 18.3 Å². The van der Waals surface area contributed by atoms with E-state index in [2.05, 4.69) is 0 Å². The quantitative estimate of drug-likeness (QED) is 0.0683. The summed E-state index contributed by atoms with van der Waals surface area (Å²) in [6.45, 7) is -1.42. The van der Waals surface area contributed by atoms with Crippen molar-refractivity contribution in [1.29, 1.82) is 0 Å². The second kappa shape index (κ2) is 14.9. The molecule has 2 bridgehead atoms. The van der Waals surface area contributed by atoms with Crippen LogP contribution in [0.15, 0.2) is 36.4 Å². The monoisotopic (exact) mass is 802 g/mol. The smallest absolute Gasteiger partial charge is 0.349 e. The summed E-state index contributed by atoms with van der Waals surface area (Å²) in [5.74, 6) is -24.5. The van der Waals surface area contributed by atoms with Gasteiger partial charge in [-0.05, 0) is 36.4 Å². The zero-order valence-electron chi connectivity index (χ0n) is 27.9. The van der Waals surface area contributed by atoms with E-state index in [-0.39, 0.29) is 0 Å². The minimum Gasteiger partial charge on any atom is -0.504 e. The molecule has 4 atom stereocenters. The first-order valence-corrected chi connectivity index (χ1v) is 15.4. The summed E-state index contributed by atoms with van der Waals surface area (Å²) < 4.78 is 20.4. The molecule has 0 unspecified atom stereocenters. The fourth-order valence-electron chi connectivity index (χ4n) is 5.34. The van der Waals surface area contributed by atoms with Crippen molar-refractivity contribution in [3.05, 3.63) is 58.7 Å². The zero-order valence-corrected chi connectivity index (χ0v) is 27.9. The Kier molecular flexibility index (Phi) is 10.5. The van der Waals surface area contributed by atoms with Crippen LogP contribution in [0, 0.1) is 0 Å². The van der Waals surface area contributed by atoms with Crippen LogP contribution in [0.25, 0.3) is 11.1 Å². The molecule has 5 rings (SSSR count). The molecule has 57 heavy (non-hydrogen) atoms. The number of aliphatic hydroxyl groups excluding tert-OH is 1. The van der Waals surface area contributed by atoms with Crippen molar-refractivity contribution in [1.82, 2.24) is 0 Å². The van der Waals surface area contributed by atoms with E-state index in [1.165, 1.54) is 0 Å². The van der Waals surface area contributed by atoms with Gasteiger partial charge in [-0.1, -0.05) is 0 Å². The lowest BCUT2D eigenvalue weighted by atomic mass is 9.93. The van der Waals surface area contributed by atoms with Crippen LogP contribution in [0.1, 0.15) is 41.4 Å².